The van der Waals surface area contributed by atoms with E-state index >= 15 is 0 Å². The molecular weight excluding hydrogens is 346 g/mol. The van der Waals surface area contributed by atoms with E-state index in [9.17, 15) is 4.79 Å². The van der Waals surface area contributed by atoms with E-state index in [0.717, 1.165) is 6.42 Å². The summed E-state index contributed by atoms with van der Waals surface area (Å²) in [5, 5.41) is 0. The van der Waals surface area contributed by atoms with Crippen LogP contribution in [0.2, 0.25) is 0 Å². The summed E-state index contributed by atoms with van der Waals surface area (Å²) >= 11 is 0. The summed E-state index contributed by atoms with van der Waals surface area (Å²) in [6.07, 6.45) is 26.8. The van der Waals surface area contributed by atoms with Crippen LogP contribution in [0.25, 0.3) is 0 Å². The van der Waals surface area contributed by atoms with Crippen LogP contribution < -0.4 is 17.2 Å². The van der Waals surface area contributed by atoms with Gasteiger partial charge in [0.05, 0.1) is 0 Å². The molecule has 0 bridgehead atoms. The number of amides is 1. The smallest absolute Gasteiger partial charge is 0.217 e. The van der Waals surface area contributed by atoms with Crippen LogP contribution in [0.15, 0.2) is 0 Å². The molecule has 170 valence electrons. The summed E-state index contributed by atoms with van der Waals surface area (Å²) in [6.45, 7) is 3.48. The van der Waals surface area contributed by atoms with E-state index in [1.807, 2.05) is 0 Å². The van der Waals surface area contributed by atoms with Crippen molar-refractivity contribution in [2.24, 2.45) is 17.2 Å². The van der Waals surface area contributed by atoms with Crippen molar-refractivity contribution in [1.29, 1.82) is 0 Å². The normalized spacial score (nSPS) is 10.5. The lowest BCUT2D eigenvalue weighted by Gasteiger charge is -2.03. The van der Waals surface area contributed by atoms with Gasteiger partial charge in [0.15, 0.2) is 0 Å². The zero-order valence-corrected chi connectivity index (χ0v) is 19.2. The predicted molar refractivity (Wildman–Crippen MR) is 125 cm³/mol. The zero-order chi connectivity index (χ0) is 21.1. The van der Waals surface area contributed by atoms with Crippen molar-refractivity contribution >= 4 is 5.91 Å². The maximum atomic E-state index is 10.6. The third-order valence-electron chi connectivity index (χ3n) is 5.19. The Balaban J connectivity index is 0. The number of rotatable bonds is 21. The minimum atomic E-state index is -0.151. The molecule has 0 atom stereocenters. The molecule has 0 aliphatic rings. The number of nitrogens with two attached hydrogens (primary N) is 3. The molecular formula is C24H53N3O. The maximum absolute atomic E-state index is 10.6. The molecule has 6 N–H and O–H groups in total. The van der Waals surface area contributed by atoms with Crippen LogP contribution in [0, 0.1) is 0 Å². The van der Waals surface area contributed by atoms with Gasteiger partial charge in [-0.15, -0.1) is 0 Å². The molecule has 0 saturated heterocycles. The Morgan fingerprint density at radius 3 is 0.964 bits per heavy atom. The molecule has 4 nitrogen and oxygen atoms in total. The first-order valence-corrected chi connectivity index (χ1v) is 12.4. The summed E-state index contributed by atoms with van der Waals surface area (Å²) in [6, 6.07) is 0. The monoisotopic (exact) mass is 399 g/mol. The first kappa shape index (κ1) is 29.6. The molecule has 0 saturated carbocycles. The fourth-order valence-corrected chi connectivity index (χ4v) is 3.38. The Hall–Kier alpha value is -0.610. The Morgan fingerprint density at radius 2 is 0.750 bits per heavy atom. The lowest BCUT2D eigenvalue weighted by molar-refractivity contribution is -0.118. The number of unbranched alkanes of at least 4 members (excludes halogenated alkanes) is 18. The SMILES string of the molecule is CCCCCCCCCCCCCCCCCCCCCC(N)=O.NCCN. The summed E-state index contributed by atoms with van der Waals surface area (Å²) in [7, 11) is 0. The minimum Gasteiger partial charge on any atom is -0.370 e. The summed E-state index contributed by atoms with van der Waals surface area (Å²) in [4.78, 5) is 10.6. The van der Waals surface area contributed by atoms with Gasteiger partial charge in [-0.05, 0) is 6.42 Å². The van der Waals surface area contributed by atoms with Crippen molar-refractivity contribution < 1.29 is 4.79 Å². The van der Waals surface area contributed by atoms with Crippen LogP contribution in [0.4, 0.5) is 0 Å². The molecule has 28 heavy (non-hydrogen) atoms. The van der Waals surface area contributed by atoms with Gasteiger partial charge < -0.3 is 17.2 Å². The van der Waals surface area contributed by atoms with Crippen molar-refractivity contribution in [2.45, 2.75) is 135 Å². The van der Waals surface area contributed by atoms with Gasteiger partial charge >= 0.3 is 0 Å². The van der Waals surface area contributed by atoms with E-state index in [0.29, 0.717) is 19.5 Å². The second-order valence-electron chi connectivity index (χ2n) is 8.16. The fourth-order valence-electron chi connectivity index (χ4n) is 3.38. The second kappa shape index (κ2) is 28.6. The molecule has 0 aromatic carbocycles. The third-order valence-corrected chi connectivity index (χ3v) is 5.19. The molecule has 0 unspecified atom stereocenters. The van der Waals surface area contributed by atoms with Crippen molar-refractivity contribution in [3.8, 4) is 0 Å². The van der Waals surface area contributed by atoms with E-state index in [-0.39, 0.29) is 5.91 Å². The van der Waals surface area contributed by atoms with Gasteiger partial charge in [-0.25, -0.2) is 0 Å². The van der Waals surface area contributed by atoms with Gasteiger partial charge in [0, 0.05) is 19.5 Å². The highest BCUT2D eigenvalue weighted by molar-refractivity contribution is 5.73. The fraction of sp³-hybridized carbons (Fsp3) is 0.958. The highest BCUT2D eigenvalue weighted by atomic mass is 16.1. The Labute approximate surface area is 176 Å². The molecule has 0 fully saturated rings. The quantitative estimate of drug-likeness (QED) is 0.201. The van der Waals surface area contributed by atoms with Gasteiger partial charge in [0.25, 0.3) is 0 Å². The molecule has 0 spiro atoms. The molecule has 0 radical (unpaired) electrons. The molecule has 1 amide bonds. The van der Waals surface area contributed by atoms with Crippen molar-refractivity contribution in [2.75, 3.05) is 13.1 Å². The van der Waals surface area contributed by atoms with Crippen LogP contribution in [0.5, 0.6) is 0 Å². The Bertz CT molecular complexity index is 283. The van der Waals surface area contributed by atoms with E-state index in [2.05, 4.69) is 6.92 Å². The van der Waals surface area contributed by atoms with Crippen LogP contribution in [0.1, 0.15) is 135 Å². The van der Waals surface area contributed by atoms with Crippen LogP contribution in [-0.2, 0) is 4.79 Å². The predicted octanol–water partition coefficient (Wildman–Crippen LogP) is 6.20. The first-order chi connectivity index (χ1) is 13.7. The van der Waals surface area contributed by atoms with Gasteiger partial charge in [-0.2, -0.15) is 0 Å². The van der Waals surface area contributed by atoms with E-state index in [4.69, 9.17) is 17.2 Å². The highest BCUT2D eigenvalue weighted by Crippen LogP contribution is 2.14. The summed E-state index contributed by atoms with van der Waals surface area (Å²) in [5.74, 6) is -0.151. The molecule has 0 heterocycles. The van der Waals surface area contributed by atoms with Crippen LogP contribution in [0.3, 0.4) is 0 Å². The topological polar surface area (TPSA) is 95.1 Å². The molecule has 0 aliphatic heterocycles. The standard InChI is InChI=1S/C22H45NO.C2H8N2/c1-2-3-4-5-6-7-8-9-10-11-12-13-14-15-16-17-18-19-20-21-22(23)24;3-1-2-4/h2-21H2,1H3,(H2,23,24);1-4H2. The number of primary amides is 1. The number of hydrogen-bond acceptors (Lipinski definition) is 3. The number of carbonyl (C=O) groups is 1. The molecule has 0 aromatic rings. The molecule has 0 aliphatic carbocycles. The molecule has 4 heteroatoms. The lowest BCUT2D eigenvalue weighted by Crippen LogP contribution is -2.11. The lowest BCUT2D eigenvalue weighted by atomic mass is 10.0. The summed E-state index contributed by atoms with van der Waals surface area (Å²) in [5.41, 5.74) is 14.9. The van der Waals surface area contributed by atoms with Crippen molar-refractivity contribution in [3.63, 3.8) is 0 Å². The van der Waals surface area contributed by atoms with E-state index in [1.54, 1.807) is 0 Å². The number of hydrogen-bond donors (Lipinski definition) is 3. The maximum Gasteiger partial charge on any atom is 0.217 e. The number of carbonyl (C=O) groups excluding carboxylic acids is 1. The average molecular weight is 400 g/mol. The Morgan fingerprint density at radius 1 is 0.500 bits per heavy atom. The van der Waals surface area contributed by atoms with Crippen LogP contribution in [-0.4, -0.2) is 19.0 Å². The second-order valence-corrected chi connectivity index (χ2v) is 8.16. The Kier molecular flexibility index (Phi) is 30.2. The van der Waals surface area contributed by atoms with E-state index < -0.39 is 0 Å². The zero-order valence-electron chi connectivity index (χ0n) is 19.2. The van der Waals surface area contributed by atoms with E-state index in [1.165, 1.54) is 116 Å². The third kappa shape index (κ3) is 33.0. The van der Waals surface area contributed by atoms with Gasteiger partial charge in [0.2, 0.25) is 5.91 Å². The molecule has 0 rings (SSSR count). The van der Waals surface area contributed by atoms with Crippen LogP contribution >= 0.6 is 0 Å². The van der Waals surface area contributed by atoms with Gasteiger partial charge in [-0.3, -0.25) is 4.79 Å². The van der Waals surface area contributed by atoms with Crippen molar-refractivity contribution in [1.82, 2.24) is 0 Å². The first-order valence-electron chi connectivity index (χ1n) is 12.4. The van der Waals surface area contributed by atoms with Gasteiger partial charge in [-0.1, -0.05) is 122 Å². The highest BCUT2D eigenvalue weighted by Gasteiger charge is 1.96. The average Bonchev–Trinajstić information content (AvgIpc) is 2.69. The molecule has 0 aromatic heterocycles. The van der Waals surface area contributed by atoms with Gasteiger partial charge in [0.1, 0.15) is 0 Å². The largest absolute Gasteiger partial charge is 0.370 e. The summed E-state index contributed by atoms with van der Waals surface area (Å²) < 4.78 is 0. The minimum absolute atomic E-state index is 0.151. The van der Waals surface area contributed by atoms with Crippen molar-refractivity contribution in [3.05, 3.63) is 0 Å².